The molecule has 5 aromatic carbocycles. The molecule has 0 amide bonds. The first-order valence-electron chi connectivity index (χ1n) is 17.7. The number of imidazole rings is 1. The maximum atomic E-state index is 5.02. The summed E-state index contributed by atoms with van der Waals surface area (Å²) in [5.41, 5.74) is 10.9. The number of hydrogen-bond donors (Lipinski definition) is 0. The molecule has 0 N–H and O–H groups in total. The van der Waals surface area contributed by atoms with Crippen molar-refractivity contribution >= 4 is 51.3 Å². The predicted octanol–water partition coefficient (Wildman–Crippen LogP) is 10.1. The summed E-state index contributed by atoms with van der Waals surface area (Å²) in [6.07, 6.45) is 4.12. The normalized spacial score (nSPS) is 12.0. The van der Waals surface area contributed by atoms with Gasteiger partial charge in [-0.1, -0.05) is 82.7 Å². The van der Waals surface area contributed by atoms with Gasteiger partial charge in [-0.15, -0.1) is 17.5 Å². The van der Waals surface area contributed by atoms with Crippen LogP contribution in [0, 0.1) is 12.1 Å². The van der Waals surface area contributed by atoms with Crippen LogP contribution in [0.1, 0.15) is 50.7 Å². The predicted molar refractivity (Wildman–Crippen MR) is 213 cm³/mol. The van der Waals surface area contributed by atoms with Crippen molar-refractivity contribution in [2.24, 2.45) is 7.05 Å². The van der Waals surface area contributed by atoms with Crippen molar-refractivity contribution in [2.45, 2.75) is 52.6 Å². The molecule has 3 heterocycles. The van der Waals surface area contributed by atoms with Crippen molar-refractivity contribution in [2.75, 3.05) is 0 Å². The quantitative estimate of drug-likeness (QED) is 0.116. The third kappa shape index (κ3) is 5.91. The van der Waals surface area contributed by atoms with Crippen LogP contribution in [0.2, 0.25) is 13.1 Å². The van der Waals surface area contributed by atoms with Gasteiger partial charge in [0, 0.05) is 57.6 Å². The summed E-state index contributed by atoms with van der Waals surface area (Å²) < 4.78 is 6.74. The first-order chi connectivity index (χ1) is 24.1. The van der Waals surface area contributed by atoms with Crippen LogP contribution in [0.5, 0.6) is 0 Å². The van der Waals surface area contributed by atoms with Gasteiger partial charge in [0.1, 0.15) is 5.82 Å². The average molecular weight is 863 g/mol. The minimum atomic E-state index is -2.24. The monoisotopic (exact) mass is 862 g/mol. The SMILES string of the molecule is CC(C)c1cccc(C(C)C)c1-c1ccnc(-n2c3[c-]c([Si](C)(C)c4[c-]c(-n5[cH+]n(C)c6ccccc65)ccc4)ccc3c3ccccc32)c1.[Pt]. The molecule has 4 nitrogen and oxygen atoms in total. The summed E-state index contributed by atoms with van der Waals surface area (Å²) in [6.45, 7) is 14.0. The van der Waals surface area contributed by atoms with E-state index in [1.807, 2.05) is 6.20 Å². The Morgan fingerprint density at radius 2 is 1.31 bits per heavy atom. The zero-order valence-electron chi connectivity index (χ0n) is 30.3. The molecule has 0 fully saturated rings. The van der Waals surface area contributed by atoms with Crippen LogP contribution in [-0.4, -0.2) is 26.8 Å². The summed E-state index contributed by atoms with van der Waals surface area (Å²) in [6, 6.07) is 47.4. The standard InChI is InChI=1S/C45H43N4Si.Pt/c1-30(2)36-17-13-18-37(31(3)4)45(36)32-24-25-46-44(26-32)49-40-19-9-8-16-38(40)39-23-22-35(28-43(39)49)50(6,7)34-15-12-14-33(27-34)48-29-47(5)41-20-10-11-21-42(41)48;/h8-26,29-31H,1-7H3;/q-1;. The van der Waals surface area contributed by atoms with Crippen LogP contribution in [0.3, 0.4) is 0 Å². The van der Waals surface area contributed by atoms with Crippen LogP contribution in [0.15, 0.2) is 122 Å². The molecule has 0 unspecified atom stereocenters. The molecule has 0 radical (unpaired) electrons. The van der Waals surface area contributed by atoms with Gasteiger partial charge >= 0.3 is 0 Å². The van der Waals surface area contributed by atoms with E-state index >= 15 is 0 Å². The third-order valence-corrected chi connectivity index (χ3v) is 13.7. The fourth-order valence-corrected chi connectivity index (χ4v) is 9.81. The molecule has 0 atom stereocenters. The summed E-state index contributed by atoms with van der Waals surface area (Å²) in [7, 11) is -0.141. The number of fused-ring (bicyclic) bond motifs is 4. The summed E-state index contributed by atoms with van der Waals surface area (Å²) in [5.74, 6) is 1.73. The first-order valence-corrected chi connectivity index (χ1v) is 20.7. The zero-order chi connectivity index (χ0) is 34.7. The molecule has 258 valence electrons. The third-order valence-electron chi connectivity index (χ3n) is 10.4. The molecule has 0 aliphatic carbocycles. The summed E-state index contributed by atoms with van der Waals surface area (Å²) >= 11 is 0. The summed E-state index contributed by atoms with van der Waals surface area (Å²) in [5, 5.41) is 4.90. The van der Waals surface area contributed by atoms with E-state index in [2.05, 4.69) is 189 Å². The Labute approximate surface area is 316 Å². The fraction of sp³-hybridized carbons (Fsp3) is 0.200. The molecule has 0 aliphatic rings. The van der Waals surface area contributed by atoms with E-state index in [1.165, 1.54) is 54.4 Å². The van der Waals surface area contributed by atoms with E-state index in [0.29, 0.717) is 11.8 Å². The van der Waals surface area contributed by atoms with Crippen molar-refractivity contribution in [1.82, 2.24) is 18.7 Å². The molecule has 8 rings (SSSR count). The van der Waals surface area contributed by atoms with Gasteiger partial charge in [-0.25, -0.2) is 14.1 Å². The molecular formula is C45H43N4PtSi-. The average Bonchev–Trinajstić information content (AvgIpc) is 3.65. The number of para-hydroxylation sites is 3. The van der Waals surface area contributed by atoms with E-state index in [1.54, 1.807) is 0 Å². The second kappa shape index (κ2) is 13.5. The minimum absolute atomic E-state index is 0. The maximum absolute atomic E-state index is 5.02. The van der Waals surface area contributed by atoms with Gasteiger partial charge in [0.05, 0.1) is 8.07 Å². The molecule has 0 saturated carbocycles. The number of hydrogen-bond acceptors (Lipinski definition) is 1. The van der Waals surface area contributed by atoms with E-state index in [9.17, 15) is 0 Å². The van der Waals surface area contributed by atoms with E-state index in [4.69, 9.17) is 4.98 Å². The minimum Gasteiger partial charge on any atom is -0.319 e. The van der Waals surface area contributed by atoms with Gasteiger partial charge in [0.15, 0.2) is 17.4 Å². The fourth-order valence-electron chi connectivity index (χ4n) is 7.64. The Morgan fingerprint density at radius 1 is 0.667 bits per heavy atom. The number of benzene rings is 5. The van der Waals surface area contributed by atoms with Crippen LogP contribution < -0.4 is 10.4 Å². The largest absolute Gasteiger partial charge is 0.319 e. The number of aromatic nitrogens is 4. The second-order valence-electron chi connectivity index (χ2n) is 14.7. The molecule has 0 saturated heterocycles. The van der Waals surface area contributed by atoms with E-state index in [-0.39, 0.29) is 21.1 Å². The second-order valence-corrected chi connectivity index (χ2v) is 19.0. The molecule has 0 bridgehead atoms. The van der Waals surface area contributed by atoms with Crippen LogP contribution >= 0.6 is 0 Å². The molecule has 3 aromatic heterocycles. The van der Waals surface area contributed by atoms with Crippen LogP contribution in [0.25, 0.3) is 55.5 Å². The smallest absolute Gasteiger partial charge is 0.188 e. The topological polar surface area (TPSA) is 27.7 Å². The Hall–Kier alpha value is -4.57. The molecular weight excluding hydrogens is 820 g/mol. The van der Waals surface area contributed by atoms with Crippen molar-refractivity contribution < 1.29 is 21.1 Å². The maximum Gasteiger partial charge on any atom is 0.188 e. The molecule has 8 aromatic rings. The molecule has 6 heteroatoms. The van der Waals surface area contributed by atoms with Gasteiger partial charge in [-0.3, -0.25) is 0 Å². The van der Waals surface area contributed by atoms with Gasteiger partial charge in [-0.2, -0.15) is 40.7 Å². The van der Waals surface area contributed by atoms with Gasteiger partial charge in [-0.05, 0) is 69.8 Å². The number of rotatable bonds is 7. The Bertz CT molecular complexity index is 2530. The van der Waals surface area contributed by atoms with E-state index in [0.717, 1.165) is 22.5 Å². The van der Waals surface area contributed by atoms with Crippen molar-refractivity contribution in [1.29, 1.82) is 0 Å². The molecule has 51 heavy (non-hydrogen) atoms. The zero-order valence-corrected chi connectivity index (χ0v) is 33.6. The van der Waals surface area contributed by atoms with E-state index < -0.39 is 8.07 Å². The first kappa shape index (κ1) is 34.9. The molecule has 0 aliphatic heterocycles. The number of aryl methyl sites for hydroxylation is 1. The van der Waals surface area contributed by atoms with Crippen molar-refractivity contribution in [3.8, 4) is 22.6 Å². The Balaban J connectivity index is 0.00000406. The van der Waals surface area contributed by atoms with Crippen molar-refractivity contribution in [3.63, 3.8) is 0 Å². The molecule has 0 spiro atoms. The Kier molecular flexibility index (Phi) is 9.24. The Morgan fingerprint density at radius 3 is 2.04 bits per heavy atom. The summed E-state index contributed by atoms with van der Waals surface area (Å²) in [4.78, 5) is 5.02. The van der Waals surface area contributed by atoms with Gasteiger partial charge in [0.25, 0.3) is 0 Å². The van der Waals surface area contributed by atoms with Gasteiger partial charge < -0.3 is 4.57 Å². The van der Waals surface area contributed by atoms with Gasteiger partial charge in [0.2, 0.25) is 0 Å². The number of pyridine rings is 1. The van der Waals surface area contributed by atoms with Crippen LogP contribution in [0.4, 0.5) is 0 Å². The number of nitrogens with zero attached hydrogens (tertiary/aromatic N) is 4. The van der Waals surface area contributed by atoms with Crippen LogP contribution in [-0.2, 0) is 28.1 Å². The van der Waals surface area contributed by atoms with Crippen molar-refractivity contribution in [3.05, 3.63) is 145 Å².